The van der Waals surface area contributed by atoms with Crippen LogP contribution >= 0.6 is 11.5 Å². The molecule has 2 nitrogen and oxygen atoms in total. The minimum atomic E-state index is 0.356. The third-order valence-corrected chi connectivity index (χ3v) is 1.51. The van der Waals surface area contributed by atoms with E-state index in [1.807, 2.05) is 0 Å². The fraction of sp³-hybridized carbons (Fsp3) is 0.667. The van der Waals surface area contributed by atoms with Gasteiger partial charge in [0.05, 0.1) is 0 Å². The van der Waals surface area contributed by atoms with Crippen molar-refractivity contribution >= 4 is 36.8 Å². The summed E-state index contributed by atoms with van der Waals surface area (Å²) in [5.74, 6) is 0. The molecule has 0 saturated heterocycles. The average molecular weight is 608 g/mol. The first-order valence-electron chi connectivity index (χ1n) is 3.88. The first-order chi connectivity index (χ1) is 6.12. The molecular weight excluding hydrogens is 597 g/mol. The van der Waals surface area contributed by atoms with Gasteiger partial charge in [-0.15, -0.1) is 0 Å². The van der Waals surface area contributed by atoms with E-state index in [1.54, 1.807) is 0 Å². The van der Waals surface area contributed by atoms with Gasteiger partial charge in [0.2, 0.25) is 0 Å². The molecule has 0 radical (unpaired) electrons. The first kappa shape index (κ1) is 17.3. The molecule has 0 amide bonds. The summed E-state index contributed by atoms with van der Waals surface area (Å²) in [4.78, 5) is 3.65. The summed E-state index contributed by atoms with van der Waals surface area (Å²) in [6, 6.07) is 0. The second-order valence-corrected chi connectivity index (χ2v) is 11.4. The predicted molar refractivity (Wildman–Crippen MR) is 52.1 cm³/mol. The van der Waals surface area contributed by atoms with Gasteiger partial charge in [0, 0.05) is 0 Å². The van der Waals surface area contributed by atoms with Crippen LogP contribution in [0.15, 0.2) is 9.50 Å². The van der Waals surface area contributed by atoms with Crippen molar-refractivity contribution in [3.8, 4) is 0 Å². The summed E-state index contributed by atoms with van der Waals surface area (Å²) < 4.78 is 7.06. The maximum Gasteiger partial charge on any atom is -0.00349 e. The van der Waals surface area contributed by atoms with Crippen LogP contribution in [-0.2, 0) is 77.5 Å². The molecule has 0 saturated carbocycles. The fourth-order valence-corrected chi connectivity index (χ4v) is 1.04. The largest absolute Gasteiger partial charge is 0.741 e. The zero-order valence-electron chi connectivity index (χ0n) is 7.95. The number of hydrogen-bond donors (Lipinski definition) is 0. The second-order valence-electron chi connectivity index (χ2n) is 1.84. The van der Waals surface area contributed by atoms with Gasteiger partial charge in [-0.05, 0) is 9.50 Å². The Labute approximate surface area is 128 Å². The van der Waals surface area contributed by atoms with Gasteiger partial charge in [-0.2, -0.15) is 0 Å². The van der Waals surface area contributed by atoms with Crippen LogP contribution in [0.4, 0.5) is 0 Å². The summed E-state index contributed by atoms with van der Waals surface area (Å²) in [5.41, 5.74) is 0. The van der Waals surface area contributed by atoms with E-state index in [-0.39, 0.29) is 0 Å². The van der Waals surface area contributed by atoms with E-state index in [1.165, 1.54) is 7.86 Å². The predicted octanol–water partition coefficient (Wildman–Crippen LogP) is 2.29. The van der Waals surface area contributed by atoms with Gasteiger partial charge in [-0.1, -0.05) is 0 Å². The van der Waals surface area contributed by atoms with E-state index < -0.39 is 0 Å². The Hall–Kier alpha value is 1.87. The molecule has 1 aromatic rings. The van der Waals surface area contributed by atoms with Crippen molar-refractivity contribution < 1.29 is 52.2 Å². The third kappa shape index (κ3) is 16.5. The molecular formula is C6H10Hg2N2S3. The van der Waals surface area contributed by atoms with Gasteiger partial charge in [0.1, 0.15) is 0 Å². The van der Waals surface area contributed by atoms with Crippen molar-refractivity contribution in [3.05, 3.63) is 0 Å². The zero-order chi connectivity index (χ0) is 10.7. The Bertz CT molecular complexity index is 177. The number of nitrogens with zero attached hydrogens (tertiary/aromatic N) is 2. The van der Waals surface area contributed by atoms with E-state index in [4.69, 9.17) is 0 Å². The monoisotopic (exact) mass is 610 g/mol. The Morgan fingerprint density at radius 1 is 1.23 bits per heavy atom. The molecule has 66 valence electrons. The van der Waals surface area contributed by atoms with Crippen molar-refractivity contribution in [2.75, 3.05) is 0 Å². The quantitative estimate of drug-likeness (QED) is 0.334. The second kappa shape index (κ2) is 13.9. The van der Waals surface area contributed by atoms with Crippen molar-refractivity contribution in [1.82, 2.24) is 9.36 Å². The Morgan fingerprint density at radius 3 is 1.69 bits per heavy atom. The van der Waals surface area contributed by atoms with E-state index in [0.29, 0.717) is 9.50 Å². The van der Waals surface area contributed by atoms with Crippen LogP contribution in [0.3, 0.4) is 0 Å². The van der Waals surface area contributed by atoms with E-state index in [9.17, 15) is 0 Å². The van der Waals surface area contributed by atoms with Crippen LogP contribution < -0.4 is 0 Å². The molecule has 7 heteroatoms. The maximum absolute atomic E-state index is 4.61. The van der Waals surface area contributed by atoms with Crippen molar-refractivity contribution in [3.63, 3.8) is 0 Å². The molecule has 0 spiro atoms. The SMILES string of the molecule is C[CH2][Hg+].C[CH2][Hg+].[S-]c1nsc([S-])n1. The number of rotatable bonds is 0. The minimum Gasteiger partial charge on any atom is -0.741 e. The fourth-order valence-electron chi connectivity index (χ4n) is 0.197. The molecule has 1 aromatic heterocycles. The van der Waals surface area contributed by atoms with Crippen molar-refractivity contribution in [2.24, 2.45) is 0 Å². The Kier molecular flexibility index (Phi) is 18.4. The van der Waals surface area contributed by atoms with Gasteiger partial charge in [0.15, 0.2) is 0 Å². The van der Waals surface area contributed by atoms with Crippen molar-refractivity contribution in [2.45, 2.75) is 31.2 Å². The summed E-state index contributed by atoms with van der Waals surface area (Å²) in [5, 5.41) is 0.356. The van der Waals surface area contributed by atoms with Gasteiger partial charge in [-0.25, -0.2) is 0 Å². The van der Waals surface area contributed by atoms with Crippen LogP contribution in [0.25, 0.3) is 0 Å². The molecule has 0 N–H and O–H groups in total. The van der Waals surface area contributed by atoms with Gasteiger partial charge < -0.3 is 29.6 Å². The molecule has 1 rings (SSSR count). The molecule has 0 aliphatic heterocycles. The molecule has 0 bridgehead atoms. The molecule has 13 heavy (non-hydrogen) atoms. The summed E-state index contributed by atoms with van der Waals surface area (Å²) >= 11 is 12.5. The zero-order valence-corrected chi connectivity index (χ0v) is 21.4. The summed E-state index contributed by atoms with van der Waals surface area (Å²) in [6.07, 6.45) is 0. The van der Waals surface area contributed by atoms with Gasteiger partial charge in [0.25, 0.3) is 0 Å². The summed E-state index contributed by atoms with van der Waals surface area (Å²) in [7, 11) is 0. The minimum absolute atomic E-state index is 0.356. The van der Waals surface area contributed by atoms with Crippen molar-refractivity contribution in [1.29, 1.82) is 0 Å². The molecule has 0 aliphatic carbocycles. The van der Waals surface area contributed by atoms with Gasteiger partial charge >= 0.3 is 73.9 Å². The topological polar surface area (TPSA) is 25.8 Å². The Balaban J connectivity index is 0. The van der Waals surface area contributed by atoms with Crippen LogP contribution in [-0.4, -0.2) is 9.36 Å². The Morgan fingerprint density at radius 2 is 1.62 bits per heavy atom. The molecule has 0 fully saturated rings. The van der Waals surface area contributed by atoms with E-state index in [2.05, 4.69) is 48.5 Å². The summed E-state index contributed by atoms with van der Waals surface area (Å²) in [6.45, 7) is 4.42. The number of hydrogen-bond acceptors (Lipinski definition) is 5. The van der Waals surface area contributed by atoms with Crippen LogP contribution in [0.2, 0.25) is 7.86 Å². The van der Waals surface area contributed by atoms with Crippen LogP contribution in [0, 0.1) is 0 Å². The molecule has 0 aromatic carbocycles. The van der Waals surface area contributed by atoms with Crippen LogP contribution in [0.5, 0.6) is 0 Å². The number of aromatic nitrogens is 2. The average Bonchev–Trinajstić information content (AvgIpc) is 2.38. The molecule has 0 unspecified atom stereocenters. The standard InChI is InChI=1S/C2H2N2S3.2C2H5.2Hg/c5-1-3-2(6)7-4-1;2*1-2;;/h(H2,3,4,5,6);2*1H2,2H3;;/q;;;2*+1/p-2. The van der Waals surface area contributed by atoms with E-state index >= 15 is 0 Å². The first-order valence-corrected chi connectivity index (χ1v) is 13.2. The molecule has 0 atom stereocenters. The van der Waals surface area contributed by atoms with Crippen LogP contribution in [0.1, 0.15) is 13.8 Å². The molecule has 0 aliphatic rings. The van der Waals surface area contributed by atoms with Gasteiger partial charge in [-0.3, -0.25) is 16.5 Å². The smallest absolute Gasteiger partial charge is 0.00349 e. The van der Waals surface area contributed by atoms with E-state index in [0.717, 1.165) is 63.8 Å². The molecule has 1 heterocycles. The third-order valence-electron chi connectivity index (χ3n) is 0.389. The maximum atomic E-state index is 4.61. The normalized spacial score (nSPS) is 7.85.